The highest BCUT2D eigenvalue weighted by Crippen LogP contribution is 2.50. The highest BCUT2D eigenvalue weighted by Gasteiger charge is 2.24. The zero-order chi connectivity index (χ0) is 42.6. The first kappa shape index (κ1) is 36.0. The SMILES string of the molecule is c1ccc(-c2ccccc2-c2c3ccccc3c(-c3ccc(-c4c5ccccc5c(-c5cccc6c5c5cccc7c8ccccc8n6c75)c5ccccc45)cc3)c3ccccc23)cc1. The molecule has 0 aliphatic rings. The Bertz CT molecular complexity index is 4100. The lowest BCUT2D eigenvalue weighted by Gasteiger charge is -2.20. The molecule has 0 bridgehead atoms. The van der Waals surface area contributed by atoms with Gasteiger partial charge in [0.15, 0.2) is 0 Å². The molecule has 14 aromatic rings. The van der Waals surface area contributed by atoms with Crippen LogP contribution in [0.4, 0.5) is 0 Å². The fourth-order valence-electron chi connectivity index (χ4n) is 11.5. The third kappa shape index (κ3) is 5.15. The standard InChI is InChI=1S/C64H39N/c1-2-18-40(19-3-1)43-20-4-5-22-45(43)61-50-27-10-6-23-46(50)59(47-24-7-11-28-51(47)61)41-36-38-42(39-37-41)60-48-25-8-12-29-52(48)62(53-30-13-9-26-49(53)60)55-32-17-35-58-63(55)56-33-16-31-54-44-21-14-15-34-57(44)65(58)64(54)56/h1-39H. The Hall–Kier alpha value is -8.52. The molecule has 65 heavy (non-hydrogen) atoms. The maximum Gasteiger partial charge on any atom is 0.0620 e. The number of rotatable bonds is 5. The van der Waals surface area contributed by atoms with Crippen molar-refractivity contribution in [2.75, 3.05) is 0 Å². The van der Waals surface area contributed by atoms with Crippen LogP contribution < -0.4 is 0 Å². The fraction of sp³-hybridized carbons (Fsp3) is 0. The van der Waals surface area contributed by atoms with Gasteiger partial charge in [-0.15, -0.1) is 0 Å². The molecule has 12 aromatic carbocycles. The van der Waals surface area contributed by atoms with Gasteiger partial charge in [0.1, 0.15) is 0 Å². The largest absolute Gasteiger partial charge is 0.308 e. The number of aromatic nitrogens is 1. The van der Waals surface area contributed by atoms with Crippen LogP contribution in [0.3, 0.4) is 0 Å². The topological polar surface area (TPSA) is 4.41 Å². The van der Waals surface area contributed by atoms with Gasteiger partial charge >= 0.3 is 0 Å². The second-order valence-corrected chi connectivity index (χ2v) is 17.4. The predicted molar refractivity (Wildman–Crippen MR) is 278 cm³/mol. The van der Waals surface area contributed by atoms with Crippen LogP contribution in [-0.2, 0) is 0 Å². The van der Waals surface area contributed by atoms with Crippen LogP contribution in [0.15, 0.2) is 237 Å². The number of nitrogens with zero attached hydrogens (tertiary/aromatic N) is 1. The summed E-state index contributed by atoms with van der Waals surface area (Å²) in [6, 6.07) is 87.6. The van der Waals surface area contributed by atoms with E-state index in [4.69, 9.17) is 0 Å². The van der Waals surface area contributed by atoms with E-state index in [2.05, 4.69) is 241 Å². The van der Waals surface area contributed by atoms with Crippen LogP contribution in [-0.4, -0.2) is 4.40 Å². The second kappa shape index (κ2) is 14.0. The van der Waals surface area contributed by atoms with Crippen LogP contribution in [0.25, 0.3) is 137 Å². The maximum absolute atomic E-state index is 2.49. The third-order valence-electron chi connectivity index (χ3n) is 14.1. The molecule has 300 valence electrons. The molecule has 0 amide bonds. The normalized spacial score (nSPS) is 12.0. The van der Waals surface area contributed by atoms with Crippen molar-refractivity contribution in [3.63, 3.8) is 0 Å². The fourth-order valence-corrected chi connectivity index (χ4v) is 11.5. The van der Waals surface area contributed by atoms with Gasteiger partial charge in [0, 0.05) is 21.5 Å². The molecule has 1 nitrogen and oxygen atoms in total. The molecule has 0 radical (unpaired) electrons. The molecule has 0 N–H and O–H groups in total. The minimum Gasteiger partial charge on any atom is -0.308 e. The van der Waals surface area contributed by atoms with Gasteiger partial charge in [-0.1, -0.05) is 224 Å². The van der Waals surface area contributed by atoms with Crippen molar-refractivity contribution in [1.82, 2.24) is 4.40 Å². The number of fused-ring (bicyclic) bond motifs is 10. The predicted octanol–water partition coefficient (Wildman–Crippen LogP) is 17.8. The molecule has 0 saturated carbocycles. The second-order valence-electron chi connectivity index (χ2n) is 17.4. The van der Waals surface area contributed by atoms with Crippen molar-refractivity contribution < 1.29 is 0 Å². The zero-order valence-electron chi connectivity index (χ0n) is 35.5. The Morgan fingerprint density at radius 1 is 0.200 bits per heavy atom. The molecule has 1 heteroatoms. The zero-order valence-corrected chi connectivity index (χ0v) is 35.5. The smallest absolute Gasteiger partial charge is 0.0620 e. The Kier molecular flexibility index (Phi) is 7.75. The first-order valence-corrected chi connectivity index (χ1v) is 22.6. The Morgan fingerprint density at radius 2 is 0.569 bits per heavy atom. The lowest BCUT2D eigenvalue weighted by Crippen LogP contribution is -1.93. The monoisotopic (exact) mass is 821 g/mol. The van der Waals surface area contributed by atoms with E-state index >= 15 is 0 Å². The maximum atomic E-state index is 2.49. The molecule has 0 atom stereocenters. The van der Waals surface area contributed by atoms with Gasteiger partial charge in [-0.3, -0.25) is 0 Å². The molecule has 2 heterocycles. The third-order valence-corrected chi connectivity index (χ3v) is 14.1. The minimum atomic E-state index is 1.21. The quantitative estimate of drug-likeness (QED) is 0.152. The van der Waals surface area contributed by atoms with Crippen molar-refractivity contribution in [3.05, 3.63) is 237 Å². The molecule has 0 saturated heterocycles. The van der Waals surface area contributed by atoms with E-state index in [0.29, 0.717) is 0 Å². The lowest BCUT2D eigenvalue weighted by molar-refractivity contribution is 1.37. The van der Waals surface area contributed by atoms with Crippen LogP contribution in [0.5, 0.6) is 0 Å². The summed E-state index contributed by atoms with van der Waals surface area (Å²) in [5.74, 6) is 0. The lowest BCUT2D eigenvalue weighted by atomic mass is 9.83. The van der Waals surface area contributed by atoms with E-state index in [1.54, 1.807) is 0 Å². The van der Waals surface area contributed by atoms with Crippen LogP contribution in [0, 0.1) is 0 Å². The van der Waals surface area contributed by atoms with E-state index in [-0.39, 0.29) is 0 Å². The Balaban J connectivity index is 0.978. The molecule has 14 rings (SSSR count). The molecule has 0 fully saturated rings. The first-order chi connectivity index (χ1) is 32.3. The summed E-state index contributed by atoms with van der Waals surface area (Å²) in [7, 11) is 0. The summed E-state index contributed by atoms with van der Waals surface area (Å²) in [5.41, 5.74) is 16.3. The van der Waals surface area contributed by atoms with Gasteiger partial charge in [0.05, 0.1) is 16.6 Å². The molecular formula is C64H39N. The van der Waals surface area contributed by atoms with Gasteiger partial charge in [-0.2, -0.15) is 0 Å². The first-order valence-electron chi connectivity index (χ1n) is 22.6. The molecule has 0 aliphatic carbocycles. The van der Waals surface area contributed by atoms with Crippen LogP contribution in [0.1, 0.15) is 0 Å². The number of para-hydroxylation sites is 2. The molecular weight excluding hydrogens is 783 g/mol. The summed E-state index contributed by atoms with van der Waals surface area (Å²) in [6.07, 6.45) is 0. The summed E-state index contributed by atoms with van der Waals surface area (Å²) in [6.45, 7) is 0. The Labute approximate surface area is 376 Å². The van der Waals surface area contributed by atoms with E-state index < -0.39 is 0 Å². The molecule has 2 aromatic heterocycles. The summed E-state index contributed by atoms with van der Waals surface area (Å²) < 4.78 is 2.49. The van der Waals surface area contributed by atoms with Crippen molar-refractivity contribution in [1.29, 1.82) is 0 Å². The molecule has 0 aliphatic heterocycles. The van der Waals surface area contributed by atoms with Crippen molar-refractivity contribution in [2.45, 2.75) is 0 Å². The Morgan fingerprint density at radius 3 is 1.12 bits per heavy atom. The van der Waals surface area contributed by atoms with Crippen LogP contribution >= 0.6 is 0 Å². The van der Waals surface area contributed by atoms with E-state index in [1.807, 2.05) is 0 Å². The van der Waals surface area contributed by atoms with Crippen LogP contribution in [0.2, 0.25) is 0 Å². The van der Waals surface area contributed by atoms with Crippen molar-refractivity contribution in [2.24, 2.45) is 0 Å². The highest BCUT2D eigenvalue weighted by molar-refractivity contribution is 6.30. The average molecular weight is 822 g/mol. The minimum absolute atomic E-state index is 1.21. The van der Waals surface area contributed by atoms with Gasteiger partial charge in [0.2, 0.25) is 0 Å². The number of benzene rings is 12. The molecule has 0 spiro atoms. The van der Waals surface area contributed by atoms with E-state index in [1.165, 1.54) is 137 Å². The van der Waals surface area contributed by atoms with E-state index in [0.717, 1.165) is 0 Å². The summed E-state index contributed by atoms with van der Waals surface area (Å²) >= 11 is 0. The van der Waals surface area contributed by atoms with Crippen molar-refractivity contribution >= 4 is 81.2 Å². The van der Waals surface area contributed by atoms with Gasteiger partial charge in [0.25, 0.3) is 0 Å². The number of hydrogen-bond acceptors (Lipinski definition) is 0. The van der Waals surface area contributed by atoms with Gasteiger partial charge in [-0.25, -0.2) is 0 Å². The highest BCUT2D eigenvalue weighted by atomic mass is 14.9. The van der Waals surface area contributed by atoms with E-state index in [9.17, 15) is 0 Å². The average Bonchev–Trinajstić information content (AvgIpc) is 3.91. The summed E-state index contributed by atoms with van der Waals surface area (Å²) in [4.78, 5) is 0. The van der Waals surface area contributed by atoms with Gasteiger partial charge in [-0.05, 0) is 111 Å². The molecule has 0 unspecified atom stereocenters. The van der Waals surface area contributed by atoms with Crippen molar-refractivity contribution in [3.8, 4) is 55.6 Å². The summed E-state index contributed by atoms with van der Waals surface area (Å²) in [5, 5.41) is 15.3. The number of hydrogen-bond donors (Lipinski definition) is 0. The van der Waals surface area contributed by atoms with Gasteiger partial charge < -0.3 is 4.40 Å².